The summed E-state index contributed by atoms with van der Waals surface area (Å²) >= 11 is 0. The fraction of sp³-hybridized carbons (Fsp3) is 0.520. The van der Waals surface area contributed by atoms with E-state index in [2.05, 4.69) is 10.3 Å². The molecule has 10 nitrogen and oxygen atoms in total. The van der Waals surface area contributed by atoms with E-state index >= 15 is 0 Å². The van der Waals surface area contributed by atoms with Gasteiger partial charge in [0.25, 0.3) is 0 Å². The van der Waals surface area contributed by atoms with Gasteiger partial charge in [0.2, 0.25) is 0 Å². The van der Waals surface area contributed by atoms with Gasteiger partial charge in [-0.3, -0.25) is 4.90 Å². The number of nitrogen functional groups attached to an aromatic ring is 1. The number of nitrogens with zero attached hydrogens (tertiary/aromatic N) is 5. The second kappa shape index (κ2) is 10.5. The monoisotopic (exact) mass is 567 g/mol. The topological polar surface area (TPSA) is 118 Å². The van der Waals surface area contributed by atoms with Gasteiger partial charge in [-0.2, -0.15) is 17.7 Å². The molecular weight excluding hydrogens is 535 g/mol. The van der Waals surface area contributed by atoms with E-state index in [0.717, 1.165) is 6.07 Å². The number of sulfone groups is 1. The summed E-state index contributed by atoms with van der Waals surface area (Å²) in [6, 6.07) is 5.77. The van der Waals surface area contributed by atoms with Crippen molar-refractivity contribution in [2.45, 2.75) is 37.7 Å². The number of imidazole rings is 1. The van der Waals surface area contributed by atoms with Crippen molar-refractivity contribution >= 4 is 38.5 Å². The lowest BCUT2D eigenvalue weighted by Gasteiger charge is -2.32. The fourth-order valence-electron chi connectivity index (χ4n) is 5.21. The minimum atomic E-state index is -4.57. The number of anilines is 4. The van der Waals surface area contributed by atoms with Crippen LogP contribution in [0.15, 0.2) is 24.3 Å². The maximum absolute atomic E-state index is 14.1. The number of piperidine rings is 1. The highest BCUT2D eigenvalue weighted by Gasteiger charge is 2.36. The predicted molar refractivity (Wildman–Crippen MR) is 143 cm³/mol. The highest BCUT2D eigenvalue weighted by Crippen LogP contribution is 2.38. The van der Waals surface area contributed by atoms with Crippen LogP contribution in [0.25, 0.3) is 5.65 Å². The van der Waals surface area contributed by atoms with E-state index in [0.29, 0.717) is 80.9 Å². The molecule has 0 atom stereocenters. The first-order chi connectivity index (χ1) is 18.4. The van der Waals surface area contributed by atoms with Crippen molar-refractivity contribution in [2.24, 2.45) is 0 Å². The van der Waals surface area contributed by atoms with Crippen LogP contribution in [-0.2, 0) is 27.3 Å². The van der Waals surface area contributed by atoms with E-state index in [-0.39, 0.29) is 17.8 Å². The standard InChI is InChI=1S/C25H32F3N7O3S/c1-16-23(35-24(30-16)20(29)14-22(32-35)34-10-12-38-13-11-34)31-21-5-3-4-19(25(26,27)28)18(21)15-33-8-6-17(7-9-33)39(2,36)37/h3-5,14,17,31H,6-13,15,29H2,1-2H3. The number of alkyl halides is 3. The highest BCUT2D eigenvalue weighted by molar-refractivity contribution is 7.91. The van der Waals surface area contributed by atoms with Gasteiger partial charge >= 0.3 is 6.18 Å². The molecule has 2 aromatic heterocycles. The first kappa shape index (κ1) is 27.5. The molecule has 0 radical (unpaired) electrons. The first-order valence-corrected chi connectivity index (χ1v) is 14.7. The molecule has 0 bridgehead atoms. The molecule has 2 aliphatic heterocycles. The number of hydrogen-bond donors (Lipinski definition) is 2. The fourth-order valence-corrected chi connectivity index (χ4v) is 6.28. The molecule has 14 heteroatoms. The molecule has 2 aliphatic rings. The number of ether oxygens (including phenoxy) is 1. The molecule has 1 aromatic carbocycles. The van der Waals surface area contributed by atoms with Crippen LogP contribution in [-0.4, -0.2) is 78.8 Å². The molecule has 39 heavy (non-hydrogen) atoms. The van der Waals surface area contributed by atoms with Crippen LogP contribution in [0.3, 0.4) is 0 Å². The van der Waals surface area contributed by atoms with Crippen molar-refractivity contribution in [2.75, 3.05) is 61.6 Å². The Morgan fingerprint density at radius 2 is 1.85 bits per heavy atom. The normalized spacial score (nSPS) is 18.1. The maximum atomic E-state index is 14.1. The highest BCUT2D eigenvalue weighted by atomic mass is 32.2. The number of hydrogen-bond acceptors (Lipinski definition) is 9. The van der Waals surface area contributed by atoms with Crippen molar-refractivity contribution in [1.82, 2.24) is 19.5 Å². The van der Waals surface area contributed by atoms with E-state index in [1.165, 1.54) is 16.8 Å². The summed E-state index contributed by atoms with van der Waals surface area (Å²) in [4.78, 5) is 8.43. The number of benzene rings is 1. The predicted octanol–water partition coefficient (Wildman–Crippen LogP) is 3.23. The third-order valence-corrected chi connectivity index (χ3v) is 9.05. The minimum Gasteiger partial charge on any atom is -0.396 e. The Bertz CT molecular complexity index is 1460. The van der Waals surface area contributed by atoms with Gasteiger partial charge in [0.15, 0.2) is 17.3 Å². The number of fused-ring (bicyclic) bond motifs is 1. The average Bonchev–Trinajstić information content (AvgIpc) is 3.20. The zero-order valence-electron chi connectivity index (χ0n) is 21.8. The molecular formula is C25H32F3N7O3S. The van der Waals surface area contributed by atoms with Gasteiger partial charge in [-0.15, -0.1) is 5.10 Å². The van der Waals surface area contributed by atoms with Gasteiger partial charge in [-0.05, 0) is 45.0 Å². The molecule has 0 aliphatic carbocycles. The lowest BCUT2D eigenvalue weighted by molar-refractivity contribution is -0.138. The Hall–Kier alpha value is -3.10. The van der Waals surface area contributed by atoms with Crippen LogP contribution < -0.4 is 16.0 Å². The average molecular weight is 568 g/mol. The molecule has 0 unspecified atom stereocenters. The van der Waals surface area contributed by atoms with Gasteiger partial charge in [0.05, 0.1) is 35.4 Å². The van der Waals surface area contributed by atoms with E-state index in [1.807, 2.05) is 9.80 Å². The molecule has 2 fully saturated rings. The number of aryl methyl sites for hydroxylation is 1. The maximum Gasteiger partial charge on any atom is 0.416 e. The van der Waals surface area contributed by atoms with E-state index in [4.69, 9.17) is 15.6 Å². The van der Waals surface area contributed by atoms with Crippen molar-refractivity contribution < 1.29 is 26.3 Å². The van der Waals surface area contributed by atoms with E-state index < -0.39 is 26.8 Å². The van der Waals surface area contributed by atoms with Crippen LogP contribution in [0.1, 0.15) is 29.7 Å². The smallest absolute Gasteiger partial charge is 0.396 e. The van der Waals surface area contributed by atoms with Crippen LogP contribution in [0.4, 0.5) is 36.2 Å². The number of aromatic nitrogens is 3. The van der Waals surface area contributed by atoms with Gasteiger partial charge < -0.3 is 20.7 Å². The second-order valence-electron chi connectivity index (χ2n) is 10.1. The summed E-state index contributed by atoms with van der Waals surface area (Å²) < 4.78 is 73.3. The van der Waals surface area contributed by atoms with Crippen molar-refractivity contribution in [1.29, 1.82) is 0 Å². The Balaban J connectivity index is 1.50. The van der Waals surface area contributed by atoms with Crippen LogP contribution >= 0.6 is 0 Å². The summed E-state index contributed by atoms with van der Waals surface area (Å²) in [5.41, 5.74) is 7.26. The summed E-state index contributed by atoms with van der Waals surface area (Å²) in [6.07, 6.45) is -2.60. The lowest BCUT2D eigenvalue weighted by Crippen LogP contribution is -2.39. The number of halogens is 3. The summed E-state index contributed by atoms with van der Waals surface area (Å²) in [5.74, 6) is 1.05. The zero-order chi connectivity index (χ0) is 27.9. The zero-order valence-corrected chi connectivity index (χ0v) is 22.6. The van der Waals surface area contributed by atoms with Crippen LogP contribution in [0, 0.1) is 6.92 Å². The van der Waals surface area contributed by atoms with Gasteiger partial charge in [0.1, 0.15) is 9.84 Å². The largest absolute Gasteiger partial charge is 0.416 e. The van der Waals surface area contributed by atoms with Gasteiger partial charge in [-0.25, -0.2) is 13.4 Å². The third-order valence-electron chi connectivity index (χ3n) is 7.37. The van der Waals surface area contributed by atoms with E-state index in [9.17, 15) is 21.6 Å². The molecule has 3 N–H and O–H groups in total. The second-order valence-corrected chi connectivity index (χ2v) is 12.4. The number of nitrogens with one attached hydrogen (secondary N) is 1. The summed E-state index contributed by atoms with van der Waals surface area (Å²) in [7, 11) is -3.19. The molecule has 3 aromatic rings. The Morgan fingerprint density at radius 1 is 1.15 bits per heavy atom. The quantitative estimate of drug-likeness (QED) is 0.463. The van der Waals surface area contributed by atoms with Gasteiger partial charge in [0, 0.05) is 43.2 Å². The Labute approximate surface area is 224 Å². The van der Waals surface area contributed by atoms with Gasteiger partial charge in [-0.1, -0.05) is 6.07 Å². The van der Waals surface area contributed by atoms with Crippen molar-refractivity contribution in [3.63, 3.8) is 0 Å². The molecule has 4 heterocycles. The molecule has 5 rings (SSSR count). The number of likely N-dealkylation sites (tertiary alicyclic amines) is 1. The summed E-state index contributed by atoms with van der Waals surface area (Å²) in [5, 5.41) is 7.42. The van der Waals surface area contributed by atoms with Crippen LogP contribution in [0.2, 0.25) is 0 Å². The summed E-state index contributed by atoms with van der Waals surface area (Å²) in [6.45, 7) is 4.93. The Kier molecular flexibility index (Phi) is 7.37. The SMILES string of the molecule is Cc1nc2c(N)cc(N3CCOCC3)nn2c1Nc1cccc(C(F)(F)F)c1CN1CCC(S(C)(=O)=O)CC1. The molecule has 0 amide bonds. The van der Waals surface area contributed by atoms with E-state index in [1.54, 1.807) is 19.1 Å². The Morgan fingerprint density at radius 3 is 2.49 bits per heavy atom. The number of nitrogens with two attached hydrogens (primary N) is 1. The van der Waals surface area contributed by atoms with Crippen molar-refractivity contribution in [3.05, 3.63) is 41.1 Å². The lowest BCUT2D eigenvalue weighted by atomic mass is 10.0. The van der Waals surface area contributed by atoms with Crippen LogP contribution in [0.5, 0.6) is 0 Å². The minimum absolute atomic E-state index is 0.0128. The molecule has 0 saturated carbocycles. The number of rotatable bonds is 6. The molecule has 0 spiro atoms. The number of morpholine rings is 1. The molecule has 2 saturated heterocycles. The molecule has 212 valence electrons. The van der Waals surface area contributed by atoms with Crippen molar-refractivity contribution in [3.8, 4) is 0 Å². The first-order valence-electron chi connectivity index (χ1n) is 12.8. The third kappa shape index (κ3) is 5.77.